The van der Waals surface area contributed by atoms with Gasteiger partial charge in [-0.05, 0) is 38.4 Å². The van der Waals surface area contributed by atoms with Gasteiger partial charge in [-0.15, -0.1) is 0 Å². The predicted octanol–water partition coefficient (Wildman–Crippen LogP) is 3.81. The van der Waals surface area contributed by atoms with E-state index in [4.69, 9.17) is 10.1 Å². The molecule has 0 atom stereocenters. The lowest BCUT2D eigenvalue weighted by atomic mass is 10.1. The topological polar surface area (TPSA) is 118 Å². The molecule has 10 nitrogen and oxygen atoms in total. The van der Waals surface area contributed by atoms with Gasteiger partial charge in [0.25, 0.3) is 0 Å². The van der Waals surface area contributed by atoms with Crippen molar-refractivity contribution in [2.45, 2.75) is 0 Å². The smallest absolute Gasteiger partial charge is 0.247 e. The average Bonchev–Trinajstić information content (AvgIpc) is 2.91. The summed E-state index contributed by atoms with van der Waals surface area (Å²) in [4.78, 5) is 25.2. The molecule has 2 aromatic carbocycles. The first kappa shape index (κ1) is 27.2. The summed E-state index contributed by atoms with van der Waals surface area (Å²) in [6.45, 7) is 5.13. The lowest BCUT2D eigenvalue weighted by Gasteiger charge is -2.26. The number of carbonyl (C=O) groups excluding carboxylic acids is 1. The van der Waals surface area contributed by atoms with Crippen LogP contribution in [0.5, 0.6) is 5.75 Å². The molecule has 0 saturated carbocycles. The van der Waals surface area contributed by atoms with Gasteiger partial charge in [-0.25, -0.2) is 9.97 Å². The Morgan fingerprint density at radius 1 is 1.11 bits per heavy atom. The molecule has 1 heterocycles. The number of anilines is 5. The van der Waals surface area contributed by atoms with Crippen LogP contribution in [0.25, 0.3) is 0 Å². The Bertz CT molecular complexity index is 1280. The molecule has 10 heteroatoms. The third-order valence-corrected chi connectivity index (χ3v) is 5.68. The Kier molecular flexibility index (Phi) is 9.17. The number of benzene rings is 2. The van der Waals surface area contributed by atoms with Crippen LogP contribution in [-0.4, -0.2) is 74.9 Å². The summed E-state index contributed by atoms with van der Waals surface area (Å²) in [5.74, 6) is 0.512. The van der Waals surface area contributed by atoms with Gasteiger partial charge in [-0.2, -0.15) is 0 Å². The number of carbonyl (C=O) groups is 1. The molecule has 0 saturated heterocycles. The summed E-state index contributed by atoms with van der Waals surface area (Å²) < 4.78 is 5.66. The van der Waals surface area contributed by atoms with Crippen molar-refractivity contribution < 1.29 is 9.53 Å². The second-order valence-corrected chi connectivity index (χ2v) is 8.55. The molecule has 0 fully saturated rings. The van der Waals surface area contributed by atoms with Gasteiger partial charge >= 0.3 is 0 Å². The monoisotopic (exact) mass is 502 g/mol. The lowest BCUT2D eigenvalue weighted by molar-refractivity contribution is -0.111. The lowest BCUT2D eigenvalue weighted by Crippen LogP contribution is -2.29. The number of aromatic nitrogens is 2. The van der Waals surface area contributed by atoms with Crippen LogP contribution in [0.3, 0.4) is 0 Å². The average molecular weight is 503 g/mol. The molecule has 0 unspecified atom stereocenters. The normalized spacial score (nSPS) is 10.5. The summed E-state index contributed by atoms with van der Waals surface area (Å²) in [6.07, 6.45) is 2.82. The van der Waals surface area contributed by atoms with Gasteiger partial charge < -0.3 is 30.5 Å². The molecule has 37 heavy (non-hydrogen) atoms. The van der Waals surface area contributed by atoms with Crippen LogP contribution in [0.2, 0.25) is 0 Å². The van der Waals surface area contributed by atoms with Crippen molar-refractivity contribution in [1.82, 2.24) is 14.9 Å². The quantitative estimate of drug-likeness (QED) is 0.218. The number of ether oxygens (including phenoxy) is 1. The van der Waals surface area contributed by atoms with E-state index in [1.807, 2.05) is 63.4 Å². The van der Waals surface area contributed by atoms with Crippen LogP contribution >= 0.6 is 0 Å². The van der Waals surface area contributed by atoms with Gasteiger partial charge in [0.05, 0.1) is 35.6 Å². The van der Waals surface area contributed by atoms with Crippen molar-refractivity contribution in [3.63, 3.8) is 0 Å². The van der Waals surface area contributed by atoms with Crippen LogP contribution in [0.1, 0.15) is 11.3 Å². The van der Waals surface area contributed by atoms with Crippen molar-refractivity contribution >= 4 is 40.3 Å². The molecule has 0 spiro atoms. The van der Waals surface area contributed by atoms with Gasteiger partial charge in [0.2, 0.25) is 11.9 Å². The number of nitrogens with zero attached hydrogens (tertiary/aromatic N) is 4. The first-order valence-corrected chi connectivity index (χ1v) is 11.7. The fraction of sp³-hybridized carbons (Fsp3) is 0.259. The maximum Gasteiger partial charge on any atom is 0.247 e. The second-order valence-electron chi connectivity index (χ2n) is 8.55. The van der Waals surface area contributed by atoms with Gasteiger partial charge in [0.15, 0.2) is 0 Å². The molecule has 3 rings (SSSR count). The highest BCUT2D eigenvalue weighted by molar-refractivity contribution is 6.13. The van der Waals surface area contributed by atoms with Crippen LogP contribution in [0.4, 0.5) is 28.7 Å². The summed E-state index contributed by atoms with van der Waals surface area (Å²) in [5, 5.41) is 17.9. The Morgan fingerprint density at radius 2 is 1.86 bits per heavy atom. The number of amides is 1. The van der Waals surface area contributed by atoms with E-state index in [9.17, 15) is 4.79 Å². The third kappa shape index (κ3) is 6.83. The van der Waals surface area contributed by atoms with E-state index in [1.54, 1.807) is 25.4 Å². The summed E-state index contributed by atoms with van der Waals surface area (Å²) >= 11 is 0. The van der Waals surface area contributed by atoms with Gasteiger partial charge in [-0.3, -0.25) is 10.2 Å². The molecule has 0 radical (unpaired) electrons. The fourth-order valence-electron chi connectivity index (χ4n) is 3.64. The first-order valence-electron chi connectivity index (χ1n) is 11.7. The van der Waals surface area contributed by atoms with E-state index >= 15 is 0 Å². The summed E-state index contributed by atoms with van der Waals surface area (Å²) in [7, 11) is 9.36. The van der Waals surface area contributed by atoms with E-state index in [-0.39, 0.29) is 17.6 Å². The van der Waals surface area contributed by atoms with E-state index < -0.39 is 0 Å². The maximum atomic E-state index is 12.2. The maximum absolute atomic E-state index is 12.2. The zero-order valence-corrected chi connectivity index (χ0v) is 21.9. The number of para-hydroxylation sites is 1. The SMILES string of the molecule is C=CC(=O)Nc1cc(Nc2nccc(C(=N)c3ccccc3NC)n2)c(OC)cc1N(C)CCN(C)C. The minimum atomic E-state index is -0.326. The fourth-order valence-corrected chi connectivity index (χ4v) is 3.64. The molecule has 0 bridgehead atoms. The van der Waals surface area contributed by atoms with Crippen molar-refractivity contribution in [3.8, 4) is 5.75 Å². The highest BCUT2D eigenvalue weighted by Crippen LogP contribution is 2.38. The molecule has 0 aliphatic rings. The first-order chi connectivity index (χ1) is 17.8. The molecular weight excluding hydrogens is 468 g/mol. The Balaban J connectivity index is 1.97. The highest BCUT2D eigenvalue weighted by atomic mass is 16.5. The number of hydrogen-bond acceptors (Lipinski definition) is 9. The van der Waals surface area contributed by atoms with Crippen LogP contribution < -0.4 is 25.6 Å². The van der Waals surface area contributed by atoms with Gasteiger partial charge in [0.1, 0.15) is 5.75 Å². The largest absolute Gasteiger partial charge is 0.494 e. The van der Waals surface area contributed by atoms with Crippen LogP contribution in [0, 0.1) is 5.41 Å². The standard InChI is InChI=1S/C27H34N8O2/c1-7-25(36)31-21-16-22(24(37-6)17-23(21)35(5)15-14-34(3)4)33-27-30-13-12-20(32-27)26(28)18-10-8-9-11-19(18)29-2/h7-13,16-17,28-29H,1,14-15H2,2-6H3,(H,31,36)(H,30,32,33). The Morgan fingerprint density at radius 3 is 2.54 bits per heavy atom. The molecule has 3 aromatic rings. The molecule has 0 aliphatic carbocycles. The second kappa shape index (κ2) is 12.5. The summed E-state index contributed by atoms with van der Waals surface area (Å²) in [5.41, 5.74) is 4.22. The van der Waals surface area contributed by atoms with Crippen molar-refractivity contribution in [1.29, 1.82) is 5.41 Å². The zero-order chi connectivity index (χ0) is 26.9. The Labute approximate surface area is 217 Å². The molecule has 1 amide bonds. The van der Waals surface area contributed by atoms with Crippen molar-refractivity contribution in [3.05, 3.63) is 72.6 Å². The van der Waals surface area contributed by atoms with Crippen LogP contribution in [0.15, 0.2) is 61.3 Å². The Hall–Kier alpha value is -4.44. The van der Waals surface area contributed by atoms with E-state index in [2.05, 4.69) is 37.4 Å². The van der Waals surface area contributed by atoms with Gasteiger partial charge in [0, 0.05) is 50.7 Å². The number of rotatable bonds is 12. The minimum Gasteiger partial charge on any atom is -0.494 e. The van der Waals surface area contributed by atoms with Crippen molar-refractivity contribution in [2.24, 2.45) is 0 Å². The minimum absolute atomic E-state index is 0.263. The molecular formula is C27H34N8O2. The third-order valence-electron chi connectivity index (χ3n) is 5.68. The van der Waals surface area contributed by atoms with E-state index in [0.717, 1.165) is 30.0 Å². The number of likely N-dealkylation sites (N-methyl/N-ethyl adjacent to an activating group) is 2. The number of hydrogen-bond donors (Lipinski definition) is 4. The molecule has 194 valence electrons. The summed E-state index contributed by atoms with van der Waals surface area (Å²) in [6, 6.07) is 12.9. The number of methoxy groups -OCH3 is 1. The number of nitrogens with one attached hydrogen (secondary N) is 4. The van der Waals surface area contributed by atoms with Gasteiger partial charge in [-0.1, -0.05) is 24.8 Å². The zero-order valence-electron chi connectivity index (χ0n) is 21.9. The molecule has 0 aliphatic heterocycles. The molecule has 1 aromatic heterocycles. The van der Waals surface area contributed by atoms with Crippen molar-refractivity contribution in [2.75, 3.05) is 69.2 Å². The van der Waals surface area contributed by atoms with E-state index in [1.165, 1.54) is 6.08 Å². The highest BCUT2D eigenvalue weighted by Gasteiger charge is 2.17. The predicted molar refractivity (Wildman–Crippen MR) is 151 cm³/mol. The molecule has 4 N–H and O–H groups in total. The van der Waals surface area contributed by atoms with E-state index in [0.29, 0.717) is 22.8 Å². The van der Waals surface area contributed by atoms with Crippen LogP contribution in [-0.2, 0) is 4.79 Å².